The maximum absolute atomic E-state index is 3.77. The Kier molecular flexibility index (Phi) is 4.11. The number of nitrogens with zero attached hydrogens (tertiary/aromatic N) is 1. The summed E-state index contributed by atoms with van der Waals surface area (Å²) in [6.07, 6.45) is 5.39. The molecule has 0 spiro atoms. The fourth-order valence-corrected chi connectivity index (χ4v) is 3.62. The predicted octanol–water partition coefficient (Wildman–Crippen LogP) is 3.57. The van der Waals surface area contributed by atoms with Gasteiger partial charge in [-0.15, -0.1) is 0 Å². The number of hydrogen-bond acceptors (Lipinski definition) is 2. The molecule has 1 aromatic rings. The van der Waals surface area contributed by atoms with E-state index in [1.54, 1.807) is 0 Å². The molecule has 3 rings (SSSR count). The van der Waals surface area contributed by atoms with Crippen LogP contribution in [-0.4, -0.2) is 36.1 Å². The molecule has 2 nitrogen and oxygen atoms in total. The SMILES string of the molecule is CC(CNC1CC1)(CN1CCCC1(C)C)c1ccccc1. The summed E-state index contributed by atoms with van der Waals surface area (Å²) in [6, 6.07) is 11.9. The molecule has 2 heteroatoms. The molecule has 1 aliphatic carbocycles. The van der Waals surface area contributed by atoms with Gasteiger partial charge in [-0.1, -0.05) is 37.3 Å². The van der Waals surface area contributed by atoms with E-state index in [1.165, 1.54) is 37.8 Å². The zero-order valence-corrected chi connectivity index (χ0v) is 13.9. The summed E-state index contributed by atoms with van der Waals surface area (Å²) in [6.45, 7) is 10.7. The molecule has 1 unspecified atom stereocenters. The van der Waals surface area contributed by atoms with Crippen LogP contribution >= 0.6 is 0 Å². The summed E-state index contributed by atoms with van der Waals surface area (Å²) >= 11 is 0. The molecule has 2 fully saturated rings. The monoisotopic (exact) mass is 286 g/mol. The average molecular weight is 286 g/mol. The van der Waals surface area contributed by atoms with Gasteiger partial charge >= 0.3 is 0 Å². The maximum atomic E-state index is 3.77. The zero-order valence-electron chi connectivity index (χ0n) is 13.9. The molecule has 1 heterocycles. The number of benzene rings is 1. The Bertz CT molecular complexity index is 464. The van der Waals surface area contributed by atoms with Crippen molar-refractivity contribution in [3.05, 3.63) is 35.9 Å². The Morgan fingerprint density at radius 2 is 1.95 bits per heavy atom. The summed E-state index contributed by atoms with van der Waals surface area (Å²) in [4.78, 5) is 2.70. The van der Waals surface area contributed by atoms with Crippen LogP contribution in [-0.2, 0) is 5.41 Å². The lowest BCUT2D eigenvalue weighted by Gasteiger charge is -2.40. The predicted molar refractivity (Wildman–Crippen MR) is 89.7 cm³/mol. The Hall–Kier alpha value is -0.860. The van der Waals surface area contributed by atoms with Gasteiger partial charge in [-0.3, -0.25) is 4.90 Å². The molecule has 1 N–H and O–H groups in total. The molecule has 1 aromatic carbocycles. The van der Waals surface area contributed by atoms with Crippen LogP contribution in [0.5, 0.6) is 0 Å². The van der Waals surface area contributed by atoms with Crippen LogP contribution in [0.3, 0.4) is 0 Å². The lowest BCUT2D eigenvalue weighted by molar-refractivity contribution is 0.136. The van der Waals surface area contributed by atoms with Crippen molar-refractivity contribution in [2.45, 2.75) is 63.5 Å². The molecule has 0 radical (unpaired) electrons. The average Bonchev–Trinajstić information content (AvgIpc) is 3.24. The normalized spacial score (nSPS) is 24.9. The summed E-state index contributed by atoms with van der Waals surface area (Å²) < 4.78 is 0. The van der Waals surface area contributed by atoms with Crippen LogP contribution in [0.25, 0.3) is 0 Å². The third-order valence-electron chi connectivity index (χ3n) is 5.44. The molecule has 0 amide bonds. The summed E-state index contributed by atoms with van der Waals surface area (Å²) in [7, 11) is 0. The van der Waals surface area contributed by atoms with Crippen molar-refractivity contribution in [3.63, 3.8) is 0 Å². The maximum Gasteiger partial charge on any atom is 0.0177 e. The standard InChI is InChI=1S/C19H30N2/c1-18(2)12-7-13-21(18)15-19(3,14-20-17-10-11-17)16-8-5-4-6-9-16/h4-6,8-9,17,20H,7,10-15H2,1-3H3. The van der Waals surface area contributed by atoms with E-state index >= 15 is 0 Å². The molecule has 0 aromatic heterocycles. The van der Waals surface area contributed by atoms with Gasteiger partial charge in [0.15, 0.2) is 0 Å². The lowest BCUT2D eigenvalue weighted by atomic mass is 9.81. The van der Waals surface area contributed by atoms with Crippen molar-refractivity contribution >= 4 is 0 Å². The van der Waals surface area contributed by atoms with E-state index in [0.717, 1.165) is 19.1 Å². The van der Waals surface area contributed by atoms with Crippen molar-refractivity contribution in [3.8, 4) is 0 Å². The highest BCUT2D eigenvalue weighted by atomic mass is 15.2. The van der Waals surface area contributed by atoms with Gasteiger partial charge in [0.1, 0.15) is 0 Å². The first kappa shape index (κ1) is 15.1. The number of rotatable bonds is 6. The van der Waals surface area contributed by atoms with E-state index < -0.39 is 0 Å². The van der Waals surface area contributed by atoms with E-state index in [0.29, 0.717) is 5.54 Å². The lowest BCUT2D eigenvalue weighted by Crippen LogP contribution is -2.50. The molecule has 1 saturated carbocycles. The number of nitrogens with one attached hydrogen (secondary N) is 1. The highest BCUT2D eigenvalue weighted by molar-refractivity contribution is 5.26. The topological polar surface area (TPSA) is 15.3 Å². The minimum Gasteiger partial charge on any atom is -0.313 e. The van der Waals surface area contributed by atoms with Crippen molar-refractivity contribution < 1.29 is 0 Å². The minimum atomic E-state index is 0.200. The van der Waals surface area contributed by atoms with Crippen molar-refractivity contribution in [1.29, 1.82) is 0 Å². The largest absolute Gasteiger partial charge is 0.313 e. The molecular weight excluding hydrogens is 256 g/mol. The van der Waals surface area contributed by atoms with Crippen molar-refractivity contribution in [2.75, 3.05) is 19.6 Å². The van der Waals surface area contributed by atoms with E-state index in [4.69, 9.17) is 0 Å². The van der Waals surface area contributed by atoms with Gasteiger partial charge in [0, 0.05) is 30.1 Å². The van der Waals surface area contributed by atoms with Crippen LogP contribution in [0.2, 0.25) is 0 Å². The molecule has 21 heavy (non-hydrogen) atoms. The fourth-order valence-electron chi connectivity index (χ4n) is 3.62. The summed E-state index contributed by atoms with van der Waals surface area (Å²) in [5.41, 5.74) is 2.03. The van der Waals surface area contributed by atoms with E-state index in [-0.39, 0.29) is 5.41 Å². The molecule has 1 atom stereocenters. The number of hydrogen-bond donors (Lipinski definition) is 1. The molecule has 0 bridgehead atoms. The smallest absolute Gasteiger partial charge is 0.0177 e. The molecule has 1 saturated heterocycles. The molecule has 2 aliphatic rings. The van der Waals surface area contributed by atoms with E-state index in [1.807, 2.05) is 0 Å². The van der Waals surface area contributed by atoms with Gasteiger partial charge < -0.3 is 5.32 Å². The highest BCUT2D eigenvalue weighted by Gasteiger charge is 2.38. The molecule has 116 valence electrons. The second-order valence-electron chi connectivity index (χ2n) is 7.92. The van der Waals surface area contributed by atoms with E-state index in [9.17, 15) is 0 Å². The Balaban J connectivity index is 1.77. The minimum absolute atomic E-state index is 0.200. The summed E-state index contributed by atoms with van der Waals surface area (Å²) in [5, 5.41) is 3.77. The zero-order chi connectivity index (χ0) is 14.9. The first-order valence-corrected chi connectivity index (χ1v) is 8.54. The van der Waals surface area contributed by atoms with Crippen molar-refractivity contribution in [1.82, 2.24) is 10.2 Å². The van der Waals surface area contributed by atoms with Crippen LogP contribution < -0.4 is 5.32 Å². The first-order chi connectivity index (χ1) is 10.00. The van der Waals surface area contributed by atoms with Crippen LogP contribution in [0, 0.1) is 0 Å². The highest BCUT2D eigenvalue weighted by Crippen LogP contribution is 2.34. The summed E-state index contributed by atoms with van der Waals surface area (Å²) in [5.74, 6) is 0. The Labute approximate surface area is 129 Å². The van der Waals surface area contributed by atoms with E-state index in [2.05, 4.69) is 61.3 Å². The van der Waals surface area contributed by atoms with Gasteiger partial charge in [-0.25, -0.2) is 0 Å². The second-order valence-corrected chi connectivity index (χ2v) is 7.92. The van der Waals surface area contributed by atoms with Crippen LogP contribution in [0.1, 0.15) is 52.0 Å². The van der Waals surface area contributed by atoms with Gasteiger partial charge in [0.05, 0.1) is 0 Å². The van der Waals surface area contributed by atoms with Crippen LogP contribution in [0.15, 0.2) is 30.3 Å². The molecule has 1 aliphatic heterocycles. The van der Waals surface area contributed by atoms with Crippen LogP contribution in [0.4, 0.5) is 0 Å². The quantitative estimate of drug-likeness (QED) is 0.860. The van der Waals surface area contributed by atoms with Gasteiger partial charge in [0.2, 0.25) is 0 Å². The van der Waals surface area contributed by atoms with Gasteiger partial charge in [-0.2, -0.15) is 0 Å². The third-order valence-corrected chi connectivity index (χ3v) is 5.44. The first-order valence-electron chi connectivity index (χ1n) is 8.54. The molecular formula is C19H30N2. The van der Waals surface area contributed by atoms with Gasteiger partial charge in [0.25, 0.3) is 0 Å². The third kappa shape index (κ3) is 3.49. The van der Waals surface area contributed by atoms with Crippen molar-refractivity contribution in [2.24, 2.45) is 0 Å². The van der Waals surface area contributed by atoms with Gasteiger partial charge in [-0.05, 0) is 51.6 Å². The Morgan fingerprint density at radius 3 is 2.52 bits per heavy atom. The fraction of sp³-hybridized carbons (Fsp3) is 0.684. The Morgan fingerprint density at radius 1 is 1.24 bits per heavy atom. The second kappa shape index (κ2) is 5.73. The number of likely N-dealkylation sites (tertiary alicyclic amines) is 1.